The van der Waals surface area contributed by atoms with E-state index in [2.05, 4.69) is 10.2 Å². The number of aryl methyl sites for hydroxylation is 2. The van der Waals surface area contributed by atoms with Crippen LogP contribution in [0.25, 0.3) is 11.3 Å². The third-order valence-corrected chi connectivity index (χ3v) is 5.73. The van der Waals surface area contributed by atoms with Crippen LogP contribution in [-0.4, -0.2) is 48.8 Å². The number of para-hydroxylation sites is 1. The van der Waals surface area contributed by atoms with Gasteiger partial charge in [-0.05, 0) is 67.6 Å². The van der Waals surface area contributed by atoms with Gasteiger partial charge in [-0.25, -0.2) is 4.39 Å². The predicted octanol–water partition coefficient (Wildman–Crippen LogP) is 5.04. The Morgan fingerprint density at radius 3 is 2.55 bits per heavy atom. The number of unbranched alkanes of at least 4 members (excludes halogenated alkanes) is 2. The fraction of sp³-hybridized carbons (Fsp3) is 0.385. The zero-order valence-corrected chi connectivity index (χ0v) is 19.6. The summed E-state index contributed by atoms with van der Waals surface area (Å²) in [6, 6.07) is 14.1. The van der Waals surface area contributed by atoms with E-state index in [-0.39, 0.29) is 11.7 Å². The van der Waals surface area contributed by atoms with Crippen LogP contribution in [0.4, 0.5) is 4.39 Å². The summed E-state index contributed by atoms with van der Waals surface area (Å²) < 4.78 is 23.8. The molecule has 1 aromatic heterocycles. The Morgan fingerprint density at radius 2 is 1.82 bits per heavy atom. The van der Waals surface area contributed by atoms with Crippen molar-refractivity contribution in [2.45, 2.75) is 38.5 Å². The monoisotopic (exact) mass is 453 g/mol. The molecule has 1 heterocycles. The first kappa shape index (κ1) is 24.3. The molecule has 6 nitrogen and oxygen atoms in total. The standard InChI is InChI=1S/C26H32FN3O3/c1-30(25(31)16-13-20-8-7-10-24(32-2)26(20)33-3)17-6-4-5-9-22-18-23(29-28-22)19-11-14-21(27)15-12-19/h7-8,10-12,14-15,18H,4-6,9,13,16-17H2,1-3H3,(H,28,29). The first-order valence-electron chi connectivity index (χ1n) is 11.3. The van der Waals surface area contributed by atoms with Gasteiger partial charge in [-0.2, -0.15) is 5.10 Å². The number of carbonyl (C=O) groups excluding carboxylic acids is 1. The molecule has 33 heavy (non-hydrogen) atoms. The number of aromatic nitrogens is 2. The molecule has 1 amide bonds. The van der Waals surface area contributed by atoms with Gasteiger partial charge in [0.2, 0.25) is 5.91 Å². The lowest BCUT2D eigenvalue weighted by Crippen LogP contribution is -2.28. The van der Waals surface area contributed by atoms with E-state index in [4.69, 9.17) is 9.47 Å². The number of hydrogen-bond donors (Lipinski definition) is 1. The Bertz CT molecular complexity index is 1030. The van der Waals surface area contributed by atoms with Crippen molar-refractivity contribution in [3.8, 4) is 22.8 Å². The number of hydrogen-bond acceptors (Lipinski definition) is 4. The normalized spacial score (nSPS) is 10.8. The van der Waals surface area contributed by atoms with E-state index in [1.165, 1.54) is 12.1 Å². The van der Waals surface area contributed by atoms with Gasteiger partial charge in [0.05, 0.1) is 19.9 Å². The second-order valence-corrected chi connectivity index (χ2v) is 8.06. The largest absolute Gasteiger partial charge is 0.493 e. The van der Waals surface area contributed by atoms with Crippen molar-refractivity contribution in [1.29, 1.82) is 0 Å². The van der Waals surface area contributed by atoms with E-state index in [0.29, 0.717) is 24.3 Å². The number of benzene rings is 2. The van der Waals surface area contributed by atoms with Gasteiger partial charge in [-0.1, -0.05) is 18.6 Å². The van der Waals surface area contributed by atoms with Crippen LogP contribution >= 0.6 is 0 Å². The van der Waals surface area contributed by atoms with Crippen molar-refractivity contribution in [2.75, 3.05) is 27.8 Å². The average Bonchev–Trinajstić information content (AvgIpc) is 3.31. The second kappa shape index (κ2) is 12.0. The number of amides is 1. The minimum atomic E-state index is -0.252. The minimum Gasteiger partial charge on any atom is -0.493 e. The highest BCUT2D eigenvalue weighted by atomic mass is 19.1. The molecule has 0 spiro atoms. The molecule has 0 aliphatic rings. The molecular formula is C26H32FN3O3. The van der Waals surface area contributed by atoms with Crippen molar-refractivity contribution in [3.63, 3.8) is 0 Å². The SMILES string of the molecule is COc1cccc(CCC(=O)N(C)CCCCCc2cc(-c3ccc(F)cc3)n[nH]2)c1OC. The predicted molar refractivity (Wildman–Crippen MR) is 127 cm³/mol. The zero-order chi connectivity index (χ0) is 23.6. The van der Waals surface area contributed by atoms with E-state index >= 15 is 0 Å². The molecule has 0 radical (unpaired) electrons. The van der Waals surface area contributed by atoms with Gasteiger partial charge in [-0.15, -0.1) is 0 Å². The summed E-state index contributed by atoms with van der Waals surface area (Å²) in [4.78, 5) is 14.3. The molecule has 3 aromatic rings. The summed E-state index contributed by atoms with van der Waals surface area (Å²) in [5.41, 5.74) is 3.75. The highest BCUT2D eigenvalue weighted by Crippen LogP contribution is 2.31. The van der Waals surface area contributed by atoms with Gasteiger partial charge in [0, 0.05) is 31.3 Å². The van der Waals surface area contributed by atoms with Crippen molar-refractivity contribution < 1.29 is 18.7 Å². The maximum absolute atomic E-state index is 13.1. The molecule has 0 unspecified atom stereocenters. The lowest BCUT2D eigenvalue weighted by molar-refractivity contribution is -0.129. The van der Waals surface area contributed by atoms with Crippen LogP contribution in [0.5, 0.6) is 11.5 Å². The smallest absolute Gasteiger partial charge is 0.222 e. The third kappa shape index (κ3) is 6.81. The molecule has 0 atom stereocenters. The Kier molecular flexibility index (Phi) is 8.87. The first-order valence-corrected chi connectivity index (χ1v) is 11.3. The van der Waals surface area contributed by atoms with Crippen LogP contribution < -0.4 is 9.47 Å². The maximum atomic E-state index is 13.1. The van der Waals surface area contributed by atoms with Gasteiger partial charge in [0.15, 0.2) is 11.5 Å². The minimum absolute atomic E-state index is 0.123. The van der Waals surface area contributed by atoms with Gasteiger partial charge in [-0.3, -0.25) is 9.89 Å². The van der Waals surface area contributed by atoms with Crippen LogP contribution in [0.3, 0.4) is 0 Å². The van der Waals surface area contributed by atoms with Crippen molar-refractivity contribution in [2.24, 2.45) is 0 Å². The summed E-state index contributed by atoms with van der Waals surface area (Å²) in [7, 11) is 5.08. The van der Waals surface area contributed by atoms with Crippen LogP contribution in [0, 0.1) is 5.82 Å². The van der Waals surface area contributed by atoms with E-state index < -0.39 is 0 Å². The molecule has 3 rings (SSSR count). The molecule has 0 aliphatic carbocycles. The van der Waals surface area contributed by atoms with Gasteiger partial charge in [0.25, 0.3) is 0 Å². The summed E-state index contributed by atoms with van der Waals surface area (Å²) in [6.07, 6.45) is 4.91. The summed E-state index contributed by atoms with van der Waals surface area (Å²) in [5.74, 6) is 1.24. The summed E-state index contributed by atoms with van der Waals surface area (Å²) >= 11 is 0. The Balaban J connectivity index is 1.36. The van der Waals surface area contributed by atoms with E-state index in [0.717, 1.165) is 54.7 Å². The molecule has 0 bridgehead atoms. The molecule has 176 valence electrons. The number of nitrogens with zero attached hydrogens (tertiary/aromatic N) is 2. The maximum Gasteiger partial charge on any atom is 0.222 e. The fourth-order valence-corrected chi connectivity index (χ4v) is 3.81. The number of halogens is 1. The molecule has 2 aromatic carbocycles. The average molecular weight is 454 g/mol. The summed E-state index contributed by atoms with van der Waals surface area (Å²) in [6.45, 7) is 0.734. The van der Waals surface area contributed by atoms with E-state index in [1.807, 2.05) is 31.3 Å². The number of H-pyrrole nitrogens is 1. The summed E-state index contributed by atoms with van der Waals surface area (Å²) in [5, 5.41) is 7.38. The fourth-order valence-electron chi connectivity index (χ4n) is 3.81. The van der Waals surface area contributed by atoms with Gasteiger partial charge in [0.1, 0.15) is 5.82 Å². The molecule has 1 N–H and O–H groups in total. The Labute approximate surface area is 194 Å². The molecule has 0 saturated heterocycles. The lowest BCUT2D eigenvalue weighted by atomic mass is 10.1. The number of aromatic amines is 1. The molecule has 0 saturated carbocycles. The van der Waals surface area contributed by atoms with Crippen molar-refractivity contribution >= 4 is 5.91 Å². The number of methoxy groups -OCH3 is 2. The molecular weight excluding hydrogens is 421 g/mol. The highest BCUT2D eigenvalue weighted by Gasteiger charge is 2.13. The highest BCUT2D eigenvalue weighted by molar-refractivity contribution is 5.76. The van der Waals surface area contributed by atoms with E-state index in [9.17, 15) is 9.18 Å². The topological polar surface area (TPSA) is 67.5 Å². The van der Waals surface area contributed by atoms with Crippen LogP contribution in [0.1, 0.15) is 36.9 Å². The Hall–Kier alpha value is -3.35. The Morgan fingerprint density at radius 1 is 1.03 bits per heavy atom. The van der Waals surface area contributed by atoms with Crippen LogP contribution in [0.15, 0.2) is 48.5 Å². The quantitative estimate of drug-likeness (QED) is 0.390. The van der Waals surface area contributed by atoms with Gasteiger partial charge >= 0.3 is 0 Å². The lowest BCUT2D eigenvalue weighted by Gasteiger charge is -2.18. The molecule has 7 heteroatoms. The number of rotatable bonds is 12. The molecule has 0 aliphatic heterocycles. The number of ether oxygens (including phenoxy) is 2. The van der Waals surface area contributed by atoms with Crippen LogP contribution in [-0.2, 0) is 17.6 Å². The van der Waals surface area contributed by atoms with Crippen molar-refractivity contribution in [1.82, 2.24) is 15.1 Å². The number of nitrogens with one attached hydrogen (secondary N) is 1. The first-order chi connectivity index (χ1) is 16.0. The van der Waals surface area contributed by atoms with E-state index in [1.54, 1.807) is 31.3 Å². The van der Waals surface area contributed by atoms with Gasteiger partial charge < -0.3 is 14.4 Å². The third-order valence-electron chi connectivity index (χ3n) is 5.73. The van der Waals surface area contributed by atoms with Crippen LogP contribution in [0.2, 0.25) is 0 Å². The van der Waals surface area contributed by atoms with Crippen molar-refractivity contribution in [3.05, 3.63) is 65.6 Å². The second-order valence-electron chi connectivity index (χ2n) is 8.06. The zero-order valence-electron chi connectivity index (χ0n) is 19.6. The molecule has 0 fully saturated rings. The number of carbonyl (C=O) groups is 1.